The van der Waals surface area contributed by atoms with E-state index in [0.717, 1.165) is 5.56 Å². The summed E-state index contributed by atoms with van der Waals surface area (Å²) in [6.45, 7) is 5.33. The van der Waals surface area contributed by atoms with Gasteiger partial charge in [0.25, 0.3) is 0 Å². The molecule has 3 rings (SSSR count). The van der Waals surface area contributed by atoms with Crippen molar-refractivity contribution in [3.8, 4) is 11.4 Å². The molecule has 1 aromatic carbocycles. The van der Waals surface area contributed by atoms with Crippen LogP contribution in [0.2, 0.25) is 0 Å². The highest BCUT2D eigenvalue weighted by molar-refractivity contribution is 5.49. The molecule has 2 heterocycles. The van der Waals surface area contributed by atoms with Gasteiger partial charge in [0.15, 0.2) is 0 Å². The fourth-order valence-electron chi connectivity index (χ4n) is 2.09. The van der Waals surface area contributed by atoms with Crippen LogP contribution >= 0.6 is 0 Å². The monoisotopic (exact) mass is 290 g/mol. The second-order valence-electron chi connectivity index (χ2n) is 5.46. The lowest BCUT2D eigenvalue weighted by atomic mass is 10.0. The van der Waals surface area contributed by atoms with Crippen LogP contribution in [0.15, 0.2) is 23.0 Å². The molecule has 0 N–H and O–H groups in total. The number of aryl methyl sites for hydroxylation is 1. The first kappa shape index (κ1) is 13.8. The number of rotatable bonds is 4. The maximum Gasteiger partial charge on any atom is 0.368 e. The standard InChI is InChI=1S/C14H18N4O3/c1-9(2)10-4-5-13(21-11-7-20-8-11)12(6-10)18-14(19)17(3)15-16-18/h4-6,9,11H,7-8H2,1-3H3. The zero-order valence-electron chi connectivity index (χ0n) is 12.3. The van der Waals surface area contributed by atoms with E-state index in [1.807, 2.05) is 18.2 Å². The van der Waals surface area contributed by atoms with Gasteiger partial charge >= 0.3 is 5.69 Å². The van der Waals surface area contributed by atoms with Crippen molar-refractivity contribution in [1.29, 1.82) is 0 Å². The molecular formula is C14H18N4O3. The Labute approximate surface area is 122 Å². The van der Waals surface area contributed by atoms with Crippen LogP contribution < -0.4 is 10.4 Å². The molecule has 1 aliphatic heterocycles. The average molecular weight is 290 g/mol. The lowest BCUT2D eigenvalue weighted by Crippen LogP contribution is -2.39. The van der Waals surface area contributed by atoms with Crippen molar-refractivity contribution in [3.63, 3.8) is 0 Å². The van der Waals surface area contributed by atoms with E-state index < -0.39 is 0 Å². The molecule has 112 valence electrons. The Morgan fingerprint density at radius 2 is 2.10 bits per heavy atom. The topological polar surface area (TPSA) is 71.2 Å². The van der Waals surface area contributed by atoms with Gasteiger partial charge in [-0.2, -0.15) is 9.36 Å². The van der Waals surface area contributed by atoms with Gasteiger partial charge in [0.2, 0.25) is 0 Å². The molecule has 0 bridgehead atoms. The van der Waals surface area contributed by atoms with Crippen molar-refractivity contribution in [2.24, 2.45) is 7.05 Å². The molecule has 1 aromatic heterocycles. The Morgan fingerprint density at radius 3 is 2.62 bits per heavy atom. The summed E-state index contributed by atoms with van der Waals surface area (Å²) in [5.41, 5.74) is 1.43. The third kappa shape index (κ3) is 2.56. The molecule has 7 heteroatoms. The number of hydrogen-bond acceptors (Lipinski definition) is 5. The quantitative estimate of drug-likeness (QED) is 0.835. The van der Waals surface area contributed by atoms with Gasteiger partial charge in [-0.1, -0.05) is 19.9 Å². The van der Waals surface area contributed by atoms with Gasteiger partial charge in [-0.15, -0.1) is 0 Å². The van der Waals surface area contributed by atoms with Crippen LogP contribution in [-0.4, -0.2) is 39.1 Å². The third-order valence-electron chi connectivity index (χ3n) is 3.50. The van der Waals surface area contributed by atoms with Crippen LogP contribution in [-0.2, 0) is 11.8 Å². The van der Waals surface area contributed by atoms with E-state index in [4.69, 9.17) is 9.47 Å². The van der Waals surface area contributed by atoms with E-state index in [1.54, 1.807) is 7.05 Å². The maximum absolute atomic E-state index is 12.1. The summed E-state index contributed by atoms with van der Waals surface area (Å²) in [6, 6.07) is 5.81. The molecule has 1 aliphatic rings. The highest BCUT2D eigenvalue weighted by Gasteiger charge is 2.23. The normalized spacial score (nSPS) is 15.2. The number of nitrogens with zero attached hydrogens (tertiary/aromatic N) is 4. The molecule has 2 aromatic rings. The number of aromatic nitrogens is 4. The molecule has 0 unspecified atom stereocenters. The molecule has 0 atom stereocenters. The second-order valence-corrected chi connectivity index (χ2v) is 5.46. The summed E-state index contributed by atoms with van der Waals surface area (Å²) in [5, 5.41) is 7.66. The summed E-state index contributed by atoms with van der Waals surface area (Å²) in [5.74, 6) is 0.965. The van der Waals surface area contributed by atoms with Crippen molar-refractivity contribution in [2.45, 2.75) is 25.9 Å². The van der Waals surface area contributed by atoms with E-state index in [0.29, 0.717) is 30.6 Å². The van der Waals surface area contributed by atoms with Gasteiger partial charge in [-0.25, -0.2) is 4.79 Å². The molecule has 1 saturated heterocycles. The summed E-state index contributed by atoms with van der Waals surface area (Å²) >= 11 is 0. The number of hydrogen-bond donors (Lipinski definition) is 0. The number of tetrazole rings is 1. The van der Waals surface area contributed by atoms with E-state index >= 15 is 0 Å². The Balaban J connectivity index is 2.06. The SMILES string of the molecule is CC(C)c1ccc(OC2COC2)c(-n2nnn(C)c2=O)c1. The van der Waals surface area contributed by atoms with E-state index in [1.165, 1.54) is 9.36 Å². The summed E-state index contributed by atoms with van der Waals surface area (Å²) < 4.78 is 13.4. The number of ether oxygens (including phenoxy) is 2. The molecule has 21 heavy (non-hydrogen) atoms. The van der Waals surface area contributed by atoms with Gasteiger partial charge in [-0.3, -0.25) is 0 Å². The minimum atomic E-state index is -0.300. The Hall–Kier alpha value is -2.15. The smallest absolute Gasteiger partial charge is 0.368 e. The highest BCUT2D eigenvalue weighted by atomic mass is 16.6. The molecule has 0 radical (unpaired) electrons. The van der Waals surface area contributed by atoms with Crippen molar-refractivity contribution in [3.05, 3.63) is 34.2 Å². The van der Waals surface area contributed by atoms with Crippen LogP contribution in [0.25, 0.3) is 5.69 Å². The van der Waals surface area contributed by atoms with Crippen LogP contribution in [0.3, 0.4) is 0 Å². The lowest BCUT2D eigenvalue weighted by molar-refractivity contribution is -0.0797. The summed E-state index contributed by atoms with van der Waals surface area (Å²) in [6.07, 6.45) is 0.0287. The predicted molar refractivity (Wildman–Crippen MR) is 75.9 cm³/mol. The predicted octanol–water partition coefficient (Wildman–Crippen LogP) is 0.867. The Kier molecular flexibility index (Phi) is 3.50. The summed E-state index contributed by atoms with van der Waals surface area (Å²) in [4.78, 5) is 12.1. The van der Waals surface area contributed by atoms with E-state index in [2.05, 4.69) is 24.3 Å². The van der Waals surface area contributed by atoms with Crippen LogP contribution in [0.4, 0.5) is 0 Å². The zero-order chi connectivity index (χ0) is 15.0. The third-order valence-corrected chi connectivity index (χ3v) is 3.50. The van der Waals surface area contributed by atoms with Gasteiger partial charge in [0, 0.05) is 7.05 Å². The minimum absolute atomic E-state index is 0.0287. The maximum atomic E-state index is 12.1. The fourth-order valence-corrected chi connectivity index (χ4v) is 2.09. The molecular weight excluding hydrogens is 272 g/mol. The molecule has 1 fully saturated rings. The van der Waals surface area contributed by atoms with Gasteiger partial charge in [0.1, 0.15) is 17.5 Å². The van der Waals surface area contributed by atoms with Gasteiger partial charge < -0.3 is 9.47 Å². The Bertz CT molecular complexity index is 700. The van der Waals surface area contributed by atoms with Crippen LogP contribution in [0, 0.1) is 0 Å². The van der Waals surface area contributed by atoms with Gasteiger partial charge in [0.05, 0.1) is 13.2 Å². The van der Waals surface area contributed by atoms with Crippen LogP contribution in [0.5, 0.6) is 5.75 Å². The van der Waals surface area contributed by atoms with E-state index in [-0.39, 0.29) is 11.8 Å². The molecule has 0 amide bonds. The minimum Gasteiger partial charge on any atom is -0.483 e. The van der Waals surface area contributed by atoms with Crippen molar-refractivity contribution < 1.29 is 9.47 Å². The van der Waals surface area contributed by atoms with Crippen LogP contribution in [0.1, 0.15) is 25.3 Å². The second kappa shape index (κ2) is 5.33. The van der Waals surface area contributed by atoms with Crippen molar-refractivity contribution in [1.82, 2.24) is 19.8 Å². The lowest BCUT2D eigenvalue weighted by Gasteiger charge is -2.27. The Morgan fingerprint density at radius 1 is 1.33 bits per heavy atom. The molecule has 0 aliphatic carbocycles. The zero-order valence-corrected chi connectivity index (χ0v) is 12.3. The fraction of sp³-hybridized carbons (Fsp3) is 0.500. The van der Waals surface area contributed by atoms with Crippen molar-refractivity contribution in [2.75, 3.05) is 13.2 Å². The highest BCUT2D eigenvalue weighted by Crippen LogP contribution is 2.28. The van der Waals surface area contributed by atoms with Gasteiger partial charge in [-0.05, 0) is 34.0 Å². The average Bonchev–Trinajstić information content (AvgIpc) is 2.74. The first-order valence-electron chi connectivity index (χ1n) is 6.94. The summed E-state index contributed by atoms with van der Waals surface area (Å²) in [7, 11) is 1.57. The first-order valence-corrected chi connectivity index (χ1v) is 6.94. The first-order chi connectivity index (χ1) is 10.1. The number of benzene rings is 1. The molecule has 0 spiro atoms. The molecule has 7 nitrogen and oxygen atoms in total. The largest absolute Gasteiger partial charge is 0.483 e. The van der Waals surface area contributed by atoms with E-state index in [9.17, 15) is 4.79 Å². The molecule has 0 saturated carbocycles. The van der Waals surface area contributed by atoms with Crippen molar-refractivity contribution >= 4 is 0 Å².